The van der Waals surface area contributed by atoms with E-state index in [-0.39, 0.29) is 5.91 Å². The third-order valence-corrected chi connectivity index (χ3v) is 3.04. The topological polar surface area (TPSA) is 66.4 Å². The van der Waals surface area contributed by atoms with E-state index in [1.165, 1.54) is 0 Å². The third-order valence-electron chi connectivity index (χ3n) is 1.71. The van der Waals surface area contributed by atoms with E-state index in [1.807, 2.05) is 6.92 Å². The number of carboxylic acid groups (broad SMARTS) is 1. The van der Waals surface area contributed by atoms with Gasteiger partial charge in [-0.2, -0.15) is 11.8 Å². The minimum absolute atomic E-state index is 0.222. The van der Waals surface area contributed by atoms with Crippen LogP contribution in [0.3, 0.4) is 0 Å². The second kappa shape index (κ2) is 9.03. The number of nitrogens with one attached hydrogen (secondary N) is 1. The highest BCUT2D eigenvalue weighted by Crippen LogP contribution is 2.04. The molecule has 0 aromatic heterocycles. The minimum Gasteiger partial charge on any atom is -0.480 e. The van der Waals surface area contributed by atoms with Crippen LogP contribution in [-0.2, 0) is 9.59 Å². The fourth-order valence-corrected chi connectivity index (χ4v) is 2.01. The number of thioether (sulfide) groups is 1. The van der Waals surface area contributed by atoms with Crippen molar-refractivity contribution in [1.29, 1.82) is 0 Å². The first-order chi connectivity index (χ1) is 7.11. The van der Waals surface area contributed by atoms with Crippen LogP contribution in [0.2, 0.25) is 0 Å². The normalized spacial score (nSPS) is 12.1. The minimum atomic E-state index is -0.963. The number of rotatable bonds is 8. The standard InChI is InChI=1S/C9H16BrNO3S/c1-2-15-6-4-7(9(13)14)11-8(12)3-5-10/h7H,2-6H2,1H3,(H,11,12)(H,13,14). The lowest BCUT2D eigenvalue weighted by molar-refractivity contribution is -0.141. The first-order valence-corrected chi connectivity index (χ1v) is 7.05. The Morgan fingerprint density at radius 2 is 2.20 bits per heavy atom. The SMILES string of the molecule is CCSCCC(NC(=O)CCBr)C(=O)O. The molecule has 1 amide bonds. The Morgan fingerprint density at radius 1 is 1.53 bits per heavy atom. The lowest BCUT2D eigenvalue weighted by atomic mass is 10.2. The van der Waals surface area contributed by atoms with E-state index in [0.29, 0.717) is 18.2 Å². The van der Waals surface area contributed by atoms with Gasteiger partial charge in [0.2, 0.25) is 5.91 Å². The van der Waals surface area contributed by atoms with E-state index >= 15 is 0 Å². The van der Waals surface area contributed by atoms with E-state index < -0.39 is 12.0 Å². The number of halogens is 1. The van der Waals surface area contributed by atoms with E-state index in [0.717, 1.165) is 11.5 Å². The summed E-state index contributed by atoms with van der Waals surface area (Å²) in [6.45, 7) is 2.02. The van der Waals surface area contributed by atoms with Crippen molar-refractivity contribution >= 4 is 39.6 Å². The van der Waals surface area contributed by atoms with Crippen molar-refractivity contribution < 1.29 is 14.7 Å². The van der Waals surface area contributed by atoms with Crippen LogP contribution in [0.25, 0.3) is 0 Å². The van der Waals surface area contributed by atoms with Crippen LogP contribution in [0.1, 0.15) is 19.8 Å². The molecule has 0 aliphatic heterocycles. The molecular weight excluding hydrogens is 282 g/mol. The Morgan fingerprint density at radius 3 is 2.67 bits per heavy atom. The van der Waals surface area contributed by atoms with Gasteiger partial charge in [-0.1, -0.05) is 22.9 Å². The zero-order valence-corrected chi connectivity index (χ0v) is 11.1. The fraction of sp³-hybridized carbons (Fsp3) is 0.778. The number of carbonyl (C=O) groups excluding carboxylic acids is 1. The molecule has 0 fully saturated rings. The summed E-state index contributed by atoms with van der Waals surface area (Å²) in [5.41, 5.74) is 0. The fourth-order valence-electron chi connectivity index (χ4n) is 0.955. The first-order valence-electron chi connectivity index (χ1n) is 4.77. The molecule has 1 unspecified atom stereocenters. The van der Waals surface area contributed by atoms with Crippen molar-refractivity contribution in [3.05, 3.63) is 0 Å². The maximum Gasteiger partial charge on any atom is 0.326 e. The highest BCUT2D eigenvalue weighted by atomic mass is 79.9. The first kappa shape index (κ1) is 14.8. The van der Waals surface area contributed by atoms with Crippen LogP contribution in [0.5, 0.6) is 0 Å². The molecule has 88 valence electrons. The van der Waals surface area contributed by atoms with E-state index in [2.05, 4.69) is 21.2 Å². The third kappa shape index (κ3) is 7.67. The van der Waals surface area contributed by atoms with Crippen LogP contribution in [0.15, 0.2) is 0 Å². The van der Waals surface area contributed by atoms with Crippen molar-refractivity contribution in [3.8, 4) is 0 Å². The van der Waals surface area contributed by atoms with Crippen LogP contribution in [-0.4, -0.2) is 39.9 Å². The predicted octanol–water partition coefficient (Wildman–Crippen LogP) is 1.48. The zero-order valence-electron chi connectivity index (χ0n) is 8.66. The molecule has 0 radical (unpaired) electrons. The van der Waals surface area contributed by atoms with E-state index in [9.17, 15) is 9.59 Å². The molecule has 2 N–H and O–H groups in total. The zero-order chi connectivity index (χ0) is 11.7. The molecule has 15 heavy (non-hydrogen) atoms. The Kier molecular flexibility index (Phi) is 8.89. The molecule has 0 spiro atoms. The number of alkyl halides is 1. The van der Waals surface area contributed by atoms with Gasteiger partial charge < -0.3 is 10.4 Å². The Labute approximate surface area is 102 Å². The predicted molar refractivity (Wildman–Crippen MR) is 65.6 cm³/mol. The highest BCUT2D eigenvalue weighted by molar-refractivity contribution is 9.09. The summed E-state index contributed by atoms with van der Waals surface area (Å²) < 4.78 is 0. The maximum absolute atomic E-state index is 11.2. The molecule has 0 aromatic carbocycles. The Bertz CT molecular complexity index is 214. The van der Waals surface area contributed by atoms with Crippen molar-refractivity contribution in [1.82, 2.24) is 5.32 Å². The van der Waals surface area contributed by atoms with Gasteiger partial charge in [-0.05, 0) is 17.9 Å². The second-order valence-electron chi connectivity index (χ2n) is 2.88. The summed E-state index contributed by atoms with van der Waals surface area (Å²) in [5, 5.41) is 11.9. The highest BCUT2D eigenvalue weighted by Gasteiger charge is 2.18. The van der Waals surface area contributed by atoms with Gasteiger partial charge in [0.1, 0.15) is 6.04 Å². The average Bonchev–Trinajstić information content (AvgIpc) is 2.16. The number of hydrogen-bond acceptors (Lipinski definition) is 3. The molecule has 0 saturated carbocycles. The molecule has 6 heteroatoms. The van der Waals surface area contributed by atoms with Gasteiger partial charge in [0, 0.05) is 11.8 Å². The van der Waals surface area contributed by atoms with Gasteiger partial charge in [-0.15, -0.1) is 0 Å². The second-order valence-corrected chi connectivity index (χ2v) is 5.07. The summed E-state index contributed by atoms with van der Waals surface area (Å²) in [5.74, 6) is 0.527. The molecule has 4 nitrogen and oxygen atoms in total. The summed E-state index contributed by atoms with van der Waals surface area (Å²) in [6.07, 6.45) is 0.784. The van der Waals surface area contributed by atoms with Gasteiger partial charge in [-0.3, -0.25) is 4.79 Å². The molecular formula is C9H16BrNO3S. The van der Waals surface area contributed by atoms with Crippen LogP contribution in [0, 0.1) is 0 Å². The summed E-state index contributed by atoms with van der Waals surface area (Å²) >= 11 is 4.80. The number of hydrogen-bond donors (Lipinski definition) is 2. The van der Waals surface area contributed by atoms with Crippen LogP contribution in [0.4, 0.5) is 0 Å². The molecule has 0 saturated heterocycles. The Hall–Kier alpha value is -0.230. The molecule has 1 atom stereocenters. The molecule has 0 bridgehead atoms. The smallest absolute Gasteiger partial charge is 0.326 e. The van der Waals surface area contributed by atoms with Crippen molar-refractivity contribution in [2.45, 2.75) is 25.8 Å². The number of aliphatic carboxylic acids is 1. The number of carboxylic acids is 1. The molecule has 0 rings (SSSR count). The number of carbonyl (C=O) groups is 2. The lowest BCUT2D eigenvalue weighted by Gasteiger charge is -2.13. The lowest BCUT2D eigenvalue weighted by Crippen LogP contribution is -2.41. The van der Waals surface area contributed by atoms with Gasteiger partial charge >= 0.3 is 5.97 Å². The molecule has 0 aromatic rings. The largest absolute Gasteiger partial charge is 0.480 e. The van der Waals surface area contributed by atoms with Crippen LogP contribution >= 0.6 is 27.7 Å². The van der Waals surface area contributed by atoms with Gasteiger partial charge in [0.15, 0.2) is 0 Å². The molecule has 0 aliphatic rings. The van der Waals surface area contributed by atoms with Gasteiger partial charge in [-0.25, -0.2) is 4.79 Å². The van der Waals surface area contributed by atoms with Crippen molar-refractivity contribution in [3.63, 3.8) is 0 Å². The quantitative estimate of drug-likeness (QED) is 0.526. The van der Waals surface area contributed by atoms with E-state index in [4.69, 9.17) is 5.11 Å². The van der Waals surface area contributed by atoms with Crippen LogP contribution < -0.4 is 5.32 Å². The van der Waals surface area contributed by atoms with E-state index in [1.54, 1.807) is 11.8 Å². The summed E-state index contributed by atoms with van der Waals surface area (Å²) in [7, 11) is 0. The summed E-state index contributed by atoms with van der Waals surface area (Å²) in [4.78, 5) is 22.0. The number of amides is 1. The van der Waals surface area contributed by atoms with Gasteiger partial charge in [0.25, 0.3) is 0 Å². The van der Waals surface area contributed by atoms with Crippen molar-refractivity contribution in [2.24, 2.45) is 0 Å². The molecule has 0 aliphatic carbocycles. The van der Waals surface area contributed by atoms with Gasteiger partial charge in [0.05, 0.1) is 0 Å². The monoisotopic (exact) mass is 297 g/mol. The maximum atomic E-state index is 11.2. The summed E-state index contributed by atoms with van der Waals surface area (Å²) in [6, 6.07) is -0.754. The Balaban J connectivity index is 3.93. The average molecular weight is 298 g/mol. The molecule has 0 heterocycles. The van der Waals surface area contributed by atoms with Crippen molar-refractivity contribution in [2.75, 3.05) is 16.8 Å².